The van der Waals surface area contributed by atoms with Crippen molar-refractivity contribution in [1.82, 2.24) is 20.1 Å². The fourth-order valence-corrected chi connectivity index (χ4v) is 5.31. The van der Waals surface area contributed by atoms with E-state index in [1.54, 1.807) is 11.3 Å². The predicted molar refractivity (Wildman–Crippen MR) is 115 cm³/mol. The molecule has 0 radical (unpaired) electrons. The quantitative estimate of drug-likeness (QED) is 0.512. The first-order valence-corrected chi connectivity index (χ1v) is 11.0. The third-order valence-electron chi connectivity index (χ3n) is 5.85. The van der Waals surface area contributed by atoms with Crippen LogP contribution in [0.15, 0.2) is 48.8 Å². The molecule has 2 aromatic heterocycles. The summed E-state index contributed by atoms with van der Waals surface area (Å²) in [7, 11) is 0. The minimum Gasteiger partial charge on any atom is -0.493 e. The zero-order valence-corrected chi connectivity index (χ0v) is 17.3. The second kappa shape index (κ2) is 7.25. The molecule has 0 aliphatic carbocycles. The highest BCUT2D eigenvalue weighted by Crippen LogP contribution is 2.44. The maximum Gasteiger partial charge on any atom is 0.173 e. The molecule has 4 heterocycles. The molecule has 0 bridgehead atoms. The average molecular weight is 436 g/mol. The number of ether oxygens (including phenoxy) is 1. The van der Waals surface area contributed by atoms with E-state index in [1.807, 2.05) is 0 Å². The Hall–Kier alpha value is -3.10. The van der Waals surface area contributed by atoms with Crippen LogP contribution in [0.2, 0.25) is 0 Å². The van der Waals surface area contributed by atoms with Gasteiger partial charge in [-0.1, -0.05) is 6.07 Å². The van der Waals surface area contributed by atoms with E-state index in [1.165, 1.54) is 34.3 Å². The van der Waals surface area contributed by atoms with Crippen LogP contribution in [0.4, 0.5) is 8.78 Å². The summed E-state index contributed by atoms with van der Waals surface area (Å²) in [5, 5.41) is 7.50. The molecule has 2 aromatic carbocycles. The Morgan fingerprint density at radius 3 is 2.81 bits per heavy atom. The van der Waals surface area contributed by atoms with Gasteiger partial charge in [0.15, 0.2) is 11.6 Å². The number of rotatable bonds is 3. The normalized spacial score (nSPS) is 15.5. The smallest absolute Gasteiger partial charge is 0.173 e. The second-order valence-corrected chi connectivity index (χ2v) is 8.82. The number of hydrogen-bond donors (Lipinski definition) is 1. The molecule has 6 rings (SSSR count). The Morgan fingerprint density at radius 2 is 2.00 bits per heavy atom. The Balaban J connectivity index is 1.43. The van der Waals surface area contributed by atoms with E-state index >= 15 is 0 Å². The highest BCUT2D eigenvalue weighted by molar-refractivity contribution is 7.19. The summed E-state index contributed by atoms with van der Waals surface area (Å²) in [5.74, 6) is 0.673. The first-order chi connectivity index (χ1) is 15.2. The Morgan fingerprint density at radius 1 is 1.10 bits per heavy atom. The number of aromatic nitrogens is 3. The zero-order chi connectivity index (χ0) is 20.9. The van der Waals surface area contributed by atoms with Crippen LogP contribution in [-0.4, -0.2) is 34.5 Å². The number of halogens is 2. The van der Waals surface area contributed by atoms with Crippen molar-refractivity contribution in [2.75, 3.05) is 19.7 Å². The van der Waals surface area contributed by atoms with Gasteiger partial charge in [0.2, 0.25) is 0 Å². The summed E-state index contributed by atoms with van der Waals surface area (Å²) in [5.41, 5.74) is 3.70. The number of thiophene rings is 1. The Kier molecular flexibility index (Phi) is 4.36. The molecule has 5 nitrogen and oxygen atoms in total. The van der Waals surface area contributed by atoms with E-state index in [2.05, 4.69) is 39.7 Å². The third kappa shape index (κ3) is 3.14. The maximum absolute atomic E-state index is 14.4. The van der Waals surface area contributed by atoms with Crippen molar-refractivity contribution in [3.05, 3.63) is 71.6 Å². The van der Waals surface area contributed by atoms with Crippen LogP contribution in [0.1, 0.15) is 17.0 Å². The van der Waals surface area contributed by atoms with Crippen LogP contribution in [0, 0.1) is 11.6 Å². The number of nitrogens with one attached hydrogen (secondary N) is 1. The molecule has 0 spiro atoms. The van der Waals surface area contributed by atoms with Gasteiger partial charge in [0.1, 0.15) is 23.6 Å². The molecule has 31 heavy (non-hydrogen) atoms. The van der Waals surface area contributed by atoms with Crippen molar-refractivity contribution in [3.8, 4) is 32.6 Å². The van der Waals surface area contributed by atoms with Crippen LogP contribution >= 0.6 is 11.3 Å². The van der Waals surface area contributed by atoms with Gasteiger partial charge in [0.05, 0.1) is 11.5 Å². The molecule has 4 aromatic rings. The lowest BCUT2D eigenvalue weighted by Gasteiger charge is -2.28. The first kappa shape index (κ1) is 18.7. The van der Waals surface area contributed by atoms with Gasteiger partial charge < -0.3 is 10.1 Å². The van der Waals surface area contributed by atoms with E-state index in [0.717, 1.165) is 46.6 Å². The SMILES string of the molecule is Fc1ccc(-n2ncnc2-c2cc3c(s2)-c2ccc(C4CNC4)cc2OCC3)c(F)c1. The van der Waals surface area contributed by atoms with E-state index in [0.29, 0.717) is 18.3 Å². The topological polar surface area (TPSA) is 52.0 Å². The number of benzene rings is 2. The number of fused-ring (bicyclic) bond motifs is 3. The molecule has 2 aliphatic heterocycles. The zero-order valence-electron chi connectivity index (χ0n) is 16.4. The molecular weight excluding hydrogens is 418 g/mol. The highest BCUT2D eigenvalue weighted by Gasteiger charge is 2.25. The highest BCUT2D eigenvalue weighted by atomic mass is 32.1. The van der Waals surface area contributed by atoms with E-state index in [9.17, 15) is 8.78 Å². The molecule has 8 heteroatoms. The third-order valence-corrected chi connectivity index (χ3v) is 7.05. The molecule has 0 atom stereocenters. The Bertz CT molecular complexity index is 1290. The molecule has 1 saturated heterocycles. The van der Waals surface area contributed by atoms with Gasteiger partial charge in [0.25, 0.3) is 0 Å². The predicted octanol–water partition coefficient (Wildman–Crippen LogP) is 4.56. The monoisotopic (exact) mass is 436 g/mol. The van der Waals surface area contributed by atoms with Crippen LogP contribution in [0.3, 0.4) is 0 Å². The van der Waals surface area contributed by atoms with Crippen LogP contribution in [-0.2, 0) is 6.42 Å². The lowest BCUT2D eigenvalue weighted by atomic mass is 9.92. The lowest BCUT2D eigenvalue weighted by Crippen LogP contribution is -2.39. The summed E-state index contributed by atoms with van der Waals surface area (Å²) in [6.45, 7) is 2.60. The van der Waals surface area contributed by atoms with E-state index in [4.69, 9.17) is 4.74 Å². The van der Waals surface area contributed by atoms with Crippen LogP contribution in [0.5, 0.6) is 5.75 Å². The maximum atomic E-state index is 14.4. The van der Waals surface area contributed by atoms with Gasteiger partial charge >= 0.3 is 0 Å². The fourth-order valence-electron chi connectivity index (χ4n) is 4.09. The van der Waals surface area contributed by atoms with Crippen molar-refractivity contribution >= 4 is 11.3 Å². The van der Waals surface area contributed by atoms with Gasteiger partial charge in [-0.05, 0) is 41.5 Å². The van der Waals surface area contributed by atoms with Crippen molar-refractivity contribution < 1.29 is 13.5 Å². The average Bonchev–Trinajstić information content (AvgIpc) is 3.31. The summed E-state index contributed by atoms with van der Waals surface area (Å²) in [4.78, 5) is 6.38. The first-order valence-electron chi connectivity index (χ1n) is 10.1. The largest absolute Gasteiger partial charge is 0.493 e. The minimum atomic E-state index is -0.679. The van der Waals surface area contributed by atoms with Crippen molar-refractivity contribution in [1.29, 1.82) is 0 Å². The molecule has 1 fully saturated rings. The summed E-state index contributed by atoms with van der Waals surface area (Å²) in [6.07, 6.45) is 2.17. The minimum absolute atomic E-state index is 0.167. The van der Waals surface area contributed by atoms with Gasteiger partial charge in [-0.3, -0.25) is 0 Å². The molecule has 1 N–H and O–H groups in total. The standard InChI is InChI=1S/C23H18F2N4OS/c24-16-2-4-19(18(25)9-16)29-23(27-12-28-29)21-8-14-5-6-30-20-7-13(15-10-26-11-15)1-3-17(20)22(14)31-21/h1-4,7-9,12,15,26H,5-6,10-11H2. The Labute approximate surface area is 181 Å². The molecular formula is C23H18F2N4OS. The van der Waals surface area contributed by atoms with E-state index in [-0.39, 0.29) is 5.69 Å². The fraction of sp³-hybridized carbons (Fsp3) is 0.217. The van der Waals surface area contributed by atoms with E-state index < -0.39 is 11.6 Å². The number of nitrogens with zero attached hydrogens (tertiary/aromatic N) is 3. The summed E-state index contributed by atoms with van der Waals surface area (Å²) >= 11 is 1.59. The molecule has 0 saturated carbocycles. The lowest BCUT2D eigenvalue weighted by molar-refractivity contribution is 0.325. The van der Waals surface area contributed by atoms with Gasteiger partial charge in [-0.2, -0.15) is 5.10 Å². The molecule has 0 unspecified atom stereocenters. The number of hydrogen-bond acceptors (Lipinski definition) is 5. The van der Waals surface area contributed by atoms with Gasteiger partial charge in [0, 0.05) is 41.9 Å². The molecule has 0 amide bonds. The van der Waals surface area contributed by atoms with Gasteiger partial charge in [-0.25, -0.2) is 18.4 Å². The van der Waals surface area contributed by atoms with Gasteiger partial charge in [-0.15, -0.1) is 11.3 Å². The van der Waals surface area contributed by atoms with Crippen molar-refractivity contribution in [2.24, 2.45) is 0 Å². The summed E-state index contributed by atoms with van der Waals surface area (Å²) in [6, 6.07) is 12.0. The molecule has 2 aliphatic rings. The molecule has 156 valence electrons. The van der Waals surface area contributed by atoms with Crippen molar-refractivity contribution in [3.63, 3.8) is 0 Å². The second-order valence-electron chi connectivity index (χ2n) is 7.77. The van der Waals surface area contributed by atoms with Crippen LogP contribution in [0.25, 0.3) is 26.8 Å². The van der Waals surface area contributed by atoms with Crippen molar-refractivity contribution in [2.45, 2.75) is 12.3 Å². The summed E-state index contributed by atoms with van der Waals surface area (Å²) < 4.78 is 35.2. The van der Waals surface area contributed by atoms with Crippen LogP contribution < -0.4 is 10.1 Å².